The molecular formula is C64H125ClN2O8. The van der Waals surface area contributed by atoms with E-state index in [0.717, 1.165) is 109 Å². The molecule has 0 aromatic heterocycles. The van der Waals surface area contributed by atoms with Gasteiger partial charge in [0.25, 0.3) is 6.47 Å². The van der Waals surface area contributed by atoms with Gasteiger partial charge in [-0.05, 0) is 136 Å². The summed E-state index contributed by atoms with van der Waals surface area (Å²) in [5.74, 6) is 0.824. The van der Waals surface area contributed by atoms with Gasteiger partial charge >= 0.3 is 11.9 Å². The minimum Gasteiger partial charge on any atom is -0.468 e. The summed E-state index contributed by atoms with van der Waals surface area (Å²) in [6.07, 6.45) is 50.1. The van der Waals surface area contributed by atoms with Crippen LogP contribution in [0.4, 0.5) is 0 Å². The van der Waals surface area contributed by atoms with Crippen LogP contribution in [0.3, 0.4) is 0 Å². The molecule has 2 aliphatic heterocycles. The number of halogens is 1. The molecule has 0 aromatic rings. The van der Waals surface area contributed by atoms with Gasteiger partial charge in [-0.2, -0.15) is 0 Å². The molecule has 2 fully saturated rings. The second kappa shape index (κ2) is 58.4. The van der Waals surface area contributed by atoms with Crippen molar-refractivity contribution in [3.63, 3.8) is 0 Å². The van der Waals surface area contributed by atoms with Gasteiger partial charge in [-0.1, -0.05) is 182 Å². The van der Waals surface area contributed by atoms with Crippen molar-refractivity contribution in [1.82, 2.24) is 9.80 Å². The van der Waals surface area contributed by atoms with E-state index < -0.39 is 0 Å². The fourth-order valence-electron chi connectivity index (χ4n) is 10.3. The first kappa shape index (κ1) is 75.3. The molecule has 2 saturated heterocycles. The molecule has 2 rings (SSSR count). The maximum absolute atomic E-state index is 12.6. The summed E-state index contributed by atoms with van der Waals surface area (Å²) < 4.78 is 21.5. The zero-order valence-corrected chi connectivity index (χ0v) is 51.6. The lowest BCUT2D eigenvalue weighted by Gasteiger charge is -2.30. The Kier molecular flexibility index (Phi) is 58.6. The zero-order valence-electron chi connectivity index (χ0n) is 50.9. The number of rotatable bonds is 48. The van der Waals surface area contributed by atoms with Gasteiger partial charge < -0.3 is 33.5 Å². The summed E-state index contributed by atoms with van der Waals surface area (Å²) in [5, 5.41) is 0. The Balaban J connectivity index is 0. The Bertz CT molecular complexity index is 1190. The third-order valence-corrected chi connectivity index (χ3v) is 15.4. The Morgan fingerprint density at radius 1 is 0.627 bits per heavy atom. The van der Waals surface area contributed by atoms with Crippen LogP contribution in [0, 0.1) is 11.3 Å². The van der Waals surface area contributed by atoms with E-state index in [-0.39, 0.29) is 23.5 Å². The molecule has 10 nitrogen and oxygen atoms in total. The number of aldehydes is 1. The van der Waals surface area contributed by atoms with Crippen LogP contribution in [0.15, 0.2) is 0 Å². The van der Waals surface area contributed by atoms with E-state index in [4.69, 9.17) is 14.2 Å². The molecule has 75 heavy (non-hydrogen) atoms. The van der Waals surface area contributed by atoms with Crippen molar-refractivity contribution in [1.29, 1.82) is 0 Å². The van der Waals surface area contributed by atoms with Crippen molar-refractivity contribution in [2.45, 2.75) is 311 Å². The predicted molar refractivity (Wildman–Crippen MR) is 319 cm³/mol. The lowest BCUT2D eigenvalue weighted by atomic mass is 9.87. The van der Waals surface area contributed by atoms with Crippen molar-refractivity contribution in [2.75, 3.05) is 66.0 Å². The Labute approximate surface area is 470 Å². The van der Waals surface area contributed by atoms with Crippen molar-refractivity contribution in [3.05, 3.63) is 0 Å². The molecule has 0 spiro atoms. The number of esters is 2. The van der Waals surface area contributed by atoms with Crippen LogP contribution in [0.25, 0.3) is 0 Å². The summed E-state index contributed by atoms with van der Waals surface area (Å²) in [5.41, 5.74) is -0.337. The molecular weight excluding hydrogens is 960 g/mol. The van der Waals surface area contributed by atoms with Gasteiger partial charge in [0.2, 0.25) is 0 Å². The summed E-state index contributed by atoms with van der Waals surface area (Å²) in [4.78, 5) is 50.0. The quantitative estimate of drug-likeness (QED) is 0.0192. The molecule has 2 heterocycles. The van der Waals surface area contributed by atoms with E-state index >= 15 is 0 Å². The third-order valence-electron chi connectivity index (χ3n) is 15.4. The predicted octanol–water partition coefficient (Wildman–Crippen LogP) is 17.6. The van der Waals surface area contributed by atoms with Crippen molar-refractivity contribution >= 4 is 36.3 Å². The summed E-state index contributed by atoms with van der Waals surface area (Å²) in [6, 6.07) is 0.624. The number of carbonyl (C=O) groups excluding carboxylic acids is 4. The van der Waals surface area contributed by atoms with Crippen molar-refractivity contribution in [3.8, 4) is 0 Å². The summed E-state index contributed by atoms with van der Waals surface area (Å²) in [6.45, 7) is 21.3. The molecule has 2 aliphatic rings. The van der Waals surface area contributed by atoms with Gasteiger partial charge in [-0.25, -0.2) is 0 Å². The minimum atomic E-state index is -0.337. The first-order valence-corrected chi connectivity index (χ1v) is 32.6. The average Bonchev–Trinajstić information content (AvgIpc) is 3.95. The average molecular weight is 1090 g/mol. The van der Waals surface area contributed by atoms with Crippen LogP contribution in [-0.2, 0) is 38.1 Å². The number of hydrogen-bond acceptors (Lipinski definition) is 10. The SMILES string of the molecule is CCCCCC(CCCCC)CCCOC(=O)C(C)(C)CCCCCCN1CCCC1.CCCCCCCCC(CCCCCCCC)OC(=O)CCCCCCCOC=O.CCl.CN(CCC=O)C1CCOCC1. The van der Waals surface area contributed by atoms with Crippen molar-refractivity contribution in [2.24, 2.45) is 11.3 Å². The van der Waals surface area contributed by atoms with Crippen LogP contribution in [0.1, 0.15) is 298 Å². The molecule has 0 N–H and O–H groups in total. The van der Waals surface area contributed by atoms with Crippen LogP contribution in [0.2, 0.25) is 0 Å². The van der Waals surface area contributed by atoms with Gasteiger partial charge in [0.05, 0.1) is 18.6 Å². The number of carbonyl (C=O) groups is 4. The van der Waals surface area contributed by atoms with Crippen LogP contribution < -0.4 is 0 Å². The molecule has 0 atom stereocenters. The highest BCUT2D eigenvalue weighted by Gasteiger charge is 2.29. The smallest absolute Gasteiger partial charge is 0.311 e. The number of ether oxygens (including phenoxy) is 4. The molecule has 0 aliphatic carbocycles. The van der Waals surface area contributed by atoms with E-state index in [9.17, 15) is 19.2 Å². The topological polar surface area (TPSA) is 112 Å². The van der Waals surface area contributed by atoms with Crippen LogP contribution >= 0.6 is 11.6 Å². The maximum atomic E-state index is 12.6. The number of hydrogen-bond donors (Lipinski definition) is 0. The minimum absolute atomic E-state index is 0.0121. The maximum Gasteiger partial charge on any atom is 0.311 e. The fourth-order valence-corrected chi connectivity index (χ4v) is 10.3. The molecule has 0 bridgehead atoms. The first-order valence-electron chi connectivity index (χ1n) is 31.8. The Morgan fingerprint density at radius 3 is 1.67 bits per heavy atom. The van der Waals surface area contributed by atoms with Crippen molar-refractivity contribution < 1.29 is 38.1 Å². The number of likely N-dealkylation sites (tertiary alicyclic amines) is 1. The summed E-state index contributed by atoms with van der Waals surface area (Å²) in [7, 11) is 2.08. The van der Waals surface area contributed by atoms with E-state index in [2.05, 4.69) is 74.7 Å². The normalized spacial score (nSPS) is 13.9. The fraction of sp³-hybridized carbons (Fsp3) is 0.938. The molecule has 0 unspecified atom stereocenters. The highest BCUT2D eigenvalue weighted by molar-refractivity contribution is 6.15. The second-order valence-corrected chi connectivity index (χ2v) is 22.7. The molecule has 0 aromatic carbocycles. The molecule has 0 radical (unpaired) electrons. The number of nitrogens with zero attached hydrogens (tertiary/aromatic N) is 2. The molecule has 0 amide bonds. The first-order chi connectivity index (χ1) is 36.6. The van der Waals surface area contributed by atoms with Gasteiger partial charge in [0.1, 0.15) is 12.4 Å². The van der Waals surface area contributed by atoms with E-state index in [1.165, 1.54) is 193 Å². The lowest BCUT2D eigenvalue weighted by molar-refractivity contribution is -0.154. The number of unbranched alkanes of at least 4 members (excludes halogenated alkanes) is 21. The highest BCUT2D eigenvalue weighted by atomic mass is 35.5. The number of alkyl halides is 1. The van der Waals surface area contributed by atoms with Gasteiger partial charge in [-0.3, -0.25) is 14.4 Å². The third kappa shape index (κ3) is 50.2. The molecule has 0 saturated carbocycles. The van der Waals surface area contributed by atoms with Crippen LogP contribution in [-0.4, -0.2) is 113 Å². The second-order valence-electron chi connectivity index (χ2n) is 22.7. The van der Waals surface area contributed by atoms with Gasteiger partial charge in [0.15, 0.2) is 0 Å². The van der Waals surface area contributed by atoms with E-state index in [1.54, 1.807) is 0 Å². The zero-order chi connectivity index (χ0) is 55.7. The highest BCUT2D eigenvalue weighted by Crippen LogP contribution is 2.27. The van der Waals surface area contributed by atoms with E-state index in [1.807, 2.05) is 0 Å². The summed E-state index contributed by atoms with van der Waals surface area (Å²) >= 11 is 4.64. The molecule has 446 valence electrons. The Morgan fingerprint density at radius 2 is 1.11 bits per heavy atom. The monoisotopic (exact) mass is 1080 g/mol. The van der Waals surface area contributed by atoms with Gasteiger partial charge in [-0.15, -0.1) is 11.6 Å². The molecule has 11 heteroatoms. The largest absolute Gasteiger partial charge is 0.468 e. The van der Waals surface area contributed by atoms with Crippen LogP contribution in [0.5, 0.6) is 0 Å². The van der Waals surface area contributed by atoms with Gasteiger partial charge in [0, 0.05) is 45.0 Å². The van der Waals surface area contributed by atoms with E-state index in [0.29, 0.717) is 38.6 Å². The lowest BCUT2D eigenvalue weighted by Crippen LogP contribution is -2.37. The standard InChI is InChI=1S/C28H55NO2.C26H50O4.C9H17NO2.CH3Cl/c1-5-7-11-18-26(19-12-8-6-2)20-17-25-31-27(30)28(3,4)21-13-9-10-14-22-29-23-15-16-24-29;1-3-5-7-9-12-16-20-25(21-17-13-10-8-6-4-2)30-26(28)22-18-14-11-15-19-23-29-24-27;1-10(5-2-6-11)9-3-7-12-8-4-9;1-2/h26H,5-25H2,1-4H3;24-25H,3-23H2,1-2H3;6,9H,2-5,7-8H2,1H3;1H3. The Hall–Kier alpha value is -1.75.